The largest absolute Gasteiger partial charge is 0.464 e. The highest BCUT2D eigenvalue weighted by molar-refractivity contribution is 6.34. The lowest BCUT2D eigenvalue weighted by Crippen LogP contribution is -2.15. The van der Waals surface area contributed by atoms with Crippen molar-refractivity contribution in [3.8, 4) is 22.8 Å². The van der Waals surface area contributed by atoms with E-state index in [0.29, 0.717) is 17.3 Å². The summed E-state index contributed by atoms with van der Waals surface area (Å²) in [6, 6.07) is 19.3. The summed E-state index contributed by atoms with van der Waals surface area (Å²) in [6.45, 7) is 1.79. The van der Waals surface area contributed by atoms with Crippen molar-refractivity contribution >= 4 is 17.6 Å². The van der Waals surface area contributed by atoms with Gasteiger partial charge in [-0.1, -0.05) is 60.1 Å². The molecule has 1 heterocycles. The third kappa shape index (κ3) is 3.83. The van der Waals surface area contributed by atoms with Crippen LogP contribution >= 0.6 is 11.6 Å². The molecular weight excluding hydrogens is 340 g/mol. The number of hydrogen-bond donors (Lipinski definition) is 0. The summed E-state index contributed by atoms with van der Waals surface area (Å²) in [4.78, 5) is 11.5. The lowest BCUT2D eigenvalue weighted by molar-refractivity contribution is -0.145. The van der Waals surface area contributed by atoms with E-state index in [1.54, 1.807) is 11.6 Å². The SMILES string of the molecule is CCOC(=O)COc1nn(-c2ccccc2)c(-c2ccccc2)c1Cl. The number of halogens is 1. The maximum absolute atomic E-state index is 11.5. The molecule has 0 radical (unpaired) electrons. The van der Waals surface area contributed by atoms with E-state index in [1.165, 1.54) is 0 Å². The average Bonchev–Trinajstić information content (AvgIpc) is 2.98. The third-order valence-corrected chi connectivity index (χ3v) is 3.82. The van der Waals surface area contributed by atoms with Gasteiger partial charge in [-0.15, -0.1) is 5.10 Å². The Hall–Kier alpha value is -2.79. The van der Waals surface area contributed by atoms with Crippen LogP contribution in [0.15, 0.2) is 60.7 Å². The van der Waals surface area contributed by atoms with Crippen LogP contribution in [-0.4, -0.2) is 29.0 Å². The second kappa shape index (κ2) is 7.85. The van der Waals surface area contributed by atoms with Gasteiger partial charge < -0.3 is 9.47 Å². The number of esters is 1. The van der Waals surface area contributed by atoms with E-state index in [9.17, 15) is 4.79 Å². The molecule has 0 spiro atoms. The molecule has 25 heavy (non-hydrogen) atoms. The molecule has 0 saturated carbocycles. The minimum atomic E-state index is -0.464. The van der Waals surface area contributed by atoms with E-state index in [2.05, 4.69) is 5.10 Å². The summed E-state index contributed by atoms with van der Waals surface area (Å²) in [7, 11) is 0. The molecule has 128 valence electrons. The molecule has 6 heteroatoms. The van der Waals surface area contributed by atoms with Gasteiger partial charge in [0.05, 0.1) is 18.0 Å². The van der Waals surface area contributed by atoms with E-state index >= 15 is 0 Å². The van der Waals surface area contributed by atoms with Crippen LogP contribution < -0.4 is 4.74 Å². The quantitative estimate of drug-likeness (QED) is 0.623. The molecule has 2 aromatic carbocycles. The number of ether oxygens (including phenoxy) is 2. The highest BCUT2D eigenvalue weighted by atomic mass is 35.5. The van der Waals surface area contributed by atoms with Gasteiger partial charge in [0.15, 0.2) is 6.61 Å². The molecule has 0 atom stereocenters. The molecule has 0 aliphatic carbocycles. The molecule has 1 aromatic heterocycles. The zero-order chi connectivity index (χ0) is 17.6. The molecule has 0 fully saturated rings. The van der Waals surface area contributed by atoms with Crippen molar-refractivity contribution in [2.45, 2.75) is 6.92 Å². The van der Waals surface area contributed by atoms with Gasteiger partial charge in [-0.2, -0.15) is 0 Å². The molecule has 0 aliphatic rings. The molecule has 0 N–H and O–H groups in total. The van der Waals surface area contributed by atoms with Crippen LogP contribution in [0.1, 0.15) is 6.92 Å². The minimum absolute atomic E-state index is 0.192. The van der Waals surface area contributed by atoms with Gasteiger partial charge in [0.25, 0.3) is 5.88 Å². The van der Waals surface area contributed by atoms with Crippen LogP contribution in [-0.2, 0) is 9.53 Å². The van der Waals surface area contributed by atoms with Crippen molar-refractivity contribution < 1.29 is 14.3 Å². The number of carbonyl (C=O) groups is 1. The number of hydrogen-bond acceptors (Lipinski definition) is 4. The van der Waals surface area contributed by atoms with Gasteiger partial charge in [-0.25, -0.2) is 9.48 Å². The summed E-state index contributed by atoms with van der Waals surface area (Å²) in [6.07, 6.45) is 0. The van der Waals surface area contributed by atoms with Crippen molar-refractivity contribution in [3.05, 3.63) is 65.7 Å². The molecule has 0 unspecified atom stereocenters. The predicted octanol–water partition coefficient (Wildman–Crippen LogP) is 4.13. The zero-order valence-corrected chi connectivity index (χ0v) is 14.4. The van der Waals surface area contributed by atoms with E-state index in [0.717, 1.165) is 11.3 Å². The second-order valence-electron chi connectivity index (χ2n) is 5.17. The fourth-order valence-electron chi connectivity index (χ4n) is 2.40. The van der Waals surface area contributed by atoms with Gasteiger partial charge in [-0.3, -0.25) is 0 Å². The first kappa shape index (κ1) is 17.0. The molecule has 3 aromatic rings. The summed E-state index contributed by atoms with van der Waals surface area (Å²) in [5.41, 5.74) is 2.44. The van der Waals surface area contributed by atoms with Crippen molar-refractivity contribution in [2.24, 2.45) is 0 Å². The normalized spacial score (nSPS) is 10.5. The van der Waals surface area contributed by atoms with Crippen LogP contribution in [0.3, 0.4) is 0 Å². The van der Waals surface area contributed by atoms with E-state index < -0.39 is 5.97 Å². The number of benzene rings is 2. The Kier molecular flexibility index (Phi) is 5.36. The number of carbonyl (C=O) groups excluding carboxylic acids is 1. The maximum atomic E-state index is 11.5. The van der Waals surface area contributed by atoms with E-state index in [1.807, 2.05) is 60.7 Å². The Labute approximate surface area is 150 Å². The monoisotopic (exact) mass is 356 g/mol. The number of nitrogens with zero attached hydrogens (tertiary/aromatic N) is 2. The fraction of sp³-hybridized carbons (Fsp3) is 0.158. The van der Waals surface area contributed by atoms with Crippen LogP contribution in [0.5, 0.6) is 5.88 Å². The first-order valence-corrected chi connectivity index (χ1v) is 8.26. The van der Waals surface area contributed by atoms with Crippen LogP contribution in [0, 0.1) is 0 Å². The second-order valence-corrected chi connectivity index (χ2v) is 5.55. The molecular formula is C19H17ClN2O3. The molecule has 0 aliphatic heterocycles. The third-order valence-electron chi connectivity index (χ3n) is 3.48. The lowest BCUT2D eigenvalue weighted by Gasteiger charge is -2.07. The topological polar surface area (TPSA) is 53.4 Å². The maximum Gasteiger partial charge on any atom is 0.344 e. The highest BCUT2D eigenvalue weighted by Crippen LogP contribution is 2.36. The first-order valence-electron chi connectivity index (χ1n) is 7.88. The lowest BCUT2D eigenvalue weighted by atomic mass is 10.1. The van der Waals surface area contributed by atoms with Crippen molar-refractivity contribution in [2.75, 3.05) is 13.2 Å². The van der Waals surface area contributed by atoms with E-state index in [4.69, 9.17) is 21.1 Å². The molecule has 3 rings (SSSR count). The Balaban J connectivity index is 2.01. The van der Waals surface area contributed by atoms with Crippen molar-refractivity contribution in [3.63, 3.8) is 0 Å². The highest BCUT2D eigenvalue weighted by Gasteiger charge is 2.21. The Morgan fingerprint density at radius 1 is 1.08 bits per heavy atom. The molecule has 5 nitrogen and oxygen atoms in total. The number of aromatic nitrogens is 2. The summed E-state index contributed by atoms with van der Waals surface area (Å²) in [5, 5.41) is 4.79. The standard InChI is InChI=1S/C19H17ClN2O3/c1-2-24-16(23)13-25-19-17(20)18(14-9-5-3-6-10-14)22(21-19)15-11-7-4-8-12-15/h3-12H,2,13H2,1H3. The van der Waals surface area contributed by atoms with Gasteiger partial charge >= 0.3 is 5.97 Å². The Bertz CT molecular complexity index is 848. The van der Waals surface area contributed by atoms with Crippen LogP contribution in [0.25, 0.3) is 16.9 Å². The number of rotatable bonds is 6. The fourth-order valence-corrected chi connectivity index (χ4v) is 2.68. The van der Waals surface area contributed by atoms with Crippen LogP contribution in [0.4, 0.5) is 0 Å². The first-order chi connectivity index (χ1) is 12.2. The summed E-state index contributed by atoms with van der Waals surface area (Å²) < 4.78 is 12.1. The Morgan fingerprint density at radius 3 is 2.36 bits per heavy atom. The summed E-state index contributed by atoms with van der Waals surface area (Å²) in [5.74, 6) is -0.272. The van der Waals surface area contributed by atoms with Crippen molar-refractivity contribution in [1.29, 1.82) is 0 Å². The summed E-state index contributed by atoms with van der Waals surface area (Å²) >= 11 is 6.51. The van der Waals surface area contributed by atoms with Gasteiger partial charge in [0, 0.05) is 5.56 Å². The molecule has 0 amide bonds. The minimum Gasteiger partial charge on any atom is -0.464 e. The van der Waals surface area contributed by atoms with Gasteiger partial charge in [-0.05, 0) is 19.1 Å². The van der Waals surface area contributed by atoms with Gasteiger partial charge in [0.1, 0.15) is 5.02 Å². The predicted molar refractivity (Wildman–Crippen MR) is 96.1 cm³/mol. The Morgan fingerprint density at radius 2 is 1.72 bits per heavy atom. The molecule has 0 bridgehead atoms. The smallest absolute Gasteiger partial charge is 0.344 e. The van der Waals surface area contributed by atoms with E-state index in [-0.39, 0.29) is 12.5 Å². The van der Waals surface area contributed by atoms with Crippen LogP contribution in [0.2, 0.25) is 5.02 Å². The number of para-hydroxylation sites is 1. The zero-order valence-electron chi connectivity index (χ0n) is 13.7. The average molecular weight is 357 g/mol. The van der Waals surface area contributed by atoms with Crippen molar-refractivity contribution in [1.82, 2.24) is 9.78 Å². The molecule has 0 saturated heterocycles. The van der Waals surface area contributed by atoms with Gasteiger partial charge in [0.2, 0.25) is 0 Å².